The molecule has 1 aromatic carbocycles. The van der Waals surface area contributed by atoms with E-state index in [4.69, 9.17) is 14.2 Å². The number of morpholine rings is 1. The molecule has 1 fully saturated rings. The molecule has 1 aliphatic rings. The number of hydrogen-bond acceptors (Lipinski definition) is 7. The van der Waals surface area contributed by atoms with E-state index in [1.54, 1.807) is 18.2 Å². The van der Waals surface area contributed by atoms with Crippen molar-refractivity contribution in [3.63, 3.8) is 0 Å². The van der Waals surface area contributed by atoms with Crippen LogP contribution in [0.1, 0.15) is 27.2 Å². The number of carboxylic acid groups (broad SMARTS) is 1. The number of pyridine rings is 1. The third kappa shape index (κ3) is 5.29. The summed E-state index contributed by atoms with van der Waals surface area (Å²) >= 11 is 0. The molecule has 9 nitrogen and oxygen atoms in total. The van der Waals surface area contributed by atoms with Gasteiger partial charge in [-0.15, -0.1) is 0 Å². The van der Waals surface area contributed by atoms with Crippen LogP contribution in [-0.4, -0.2) is 60.4 Å². The molecule has 1 aliphatic heterocycles. The van der Waals surface area contributed by atoms with Crippen molar-refractivity contribution in [1.82, 2.24) is 4.98 Å². The topological polar surface area (TPSA) is 115 Å². The van der Waals surface area contributed by atoms with Gasteiger partial charge in [-0.05, 0) is 23.6 Å². The number of methoxy groups -OCH3 is 1. The first kappa shape index (κ1) is 22.5. The van der Waals surface area contributed by atoms with E-state index in [0.717, 1.165) is 5.39 Å². The van der Waals surface area contributed by atoms with Gasteiger partial charge in [-0.3, -0.25) is 9.59 Å². The molecule has 0 bridgehead atoms. The van der Waals surface area contributed by atoms with Crippen LogP contribution in [0, 0.1) is 5.41 Å². The molecule has 166 valence electrons. The Hall–Kier alpha value is -3.20. The number of aliphatic carboxylic acids is 1. The maximum absolute atomic E-state index is 13.1. The molecule has 0 aliphatic carbocycles. The number of esters is 1. The highest BCUT2D eigenvalue weighted by atomic mass is 16.6. The van der Waals surface area contributed by atoms with Gasteiger partial charge in [0.05, 0.1) is 25.7 Å². The predicted molar refractivity (Wildman–Crippen MR) is 112 cm³/mol. The van der Waals surface area contributed by atoms with Crippen molar-refractivity contribution in [3.05, 3.63) is 30.3 Å². The van der Waals surface area contributed by atoms with Gasteiger partial charge in [0.2, 0.25) is 12.0 Å². The Morgan fingerprint density at radius 2 is 2.00 bits per heavy atom. The molecule has 31 heavy (non-hydrogen) atoms. The predicted octanol–water partition coefficient (Wildman–Crippen LogP) is 2.41. The van der Waals surface area contributed by atoms with Crippen molar-refractivity contribution < 1.29 is 33.7 Å². The highest BCUT2D eigenvalue weighted by Crippen LogP contribution is 2.27. The Labute approximate surface area is 179 Å². The molecular formula is C22H26N2O7. The summed E-state index contributed by atoms with van der Waals surface area (Å²) in [6.45, 7) is 5.82. The third-order valence-corrected chi connectivity index (χ3v) is 4.74. The molecule has 2 aromatic rings. The molecule has 2 heterocycles. The zero-order valence-electron chi connectivity index (χ0n) is 18.0. The number of amides is 1. The van der Waals surface area contributed by atoms with Gasteiger partial charge in [-0.1, -0.05) is 26.8 Å². The summed E-state index contributed by atoms with van der Waals surface area (Å²) in [5.74, 6) is -2.29. The third-order valence-electron chi connectivity index (χ3n) is 4.74. The number of ether oxygens (including phenoxy) is 3. The molecule has 1 N–H and O–H groups in total. The van der Waals surface area contributed by atoms with Gasteiger partial charge in [0, 0.05) is 23.7 Å². The van der Waals surface area contributed by atoms with Crippen molar-refractivity contribution in [1.29, 1.82) is 0 Å². The van der Waals surface area contributed by atoms with Crippen LogP contribution in [0.4, 0.5) is 5.69 Å². The van der Waals surface area contributed by atoms with Crippen molar-refractivity contribution in [2.45, 2.75) is 39.4 Å². The molecule has 0 saturated carbocycles. The van der Waals surface area contributed by atoms with Crippen LogP contribution in [0.5, 0.6) is 5.88 Å². The normalized spacial score (nSPS) is 18.0. The summed E-state index contributed by atoms with van der Waals surface area (Å²) in [7, 11) is 1.51. The largest absolute Gasteiger partial charge is 0.481 e. The van der Waals surface area contributed by atoms with Gasteiger partial charge in [0.25, 0.3) is 5.91 Å². The molecule has 2 atom stereocenters. The van der Waals surface area contributed by atoms with Crippen LogP contribution in [0.25, 0.3) is 10.9 Å². The van der Waals surface area contributed by atoms with Crippen LogP contribution in [0.3, 0.4) is 0 Å². The SMILES string of the molecule is COc1ccc2ccc(N3CCO[C@H]([C@@H](OC(=O)CC(C)(C)C)C(=O)O)C3=O)cc2n1. The number of nitrogens with zero attached hydrogens (tertiary/aromatic N) is 2. The summed E-state index contributed by atoms with van der Waals surface area (Å²) in [6, 6.07) is 8.87. The average molecular weight is 430 g/mol. The summed E-state index contributed by atoms with van der Waals surface area (Å²) in [5.41, 5.74) is 0.777. The number of carbonyl (C=O) groups is 3. The van der Waals surface area contributed by atoms with Crippen molar-refractivity contribution in [2.75, 3.05) is 25.2 Å². The van der Waals surface area contributed by atoms with E-state index in [-0.39, 0.29) is 25.0 Å². The highest BCUT2D eigenvalue weighted by Gasteiger charge is 2.43. The first-order valence-corrected chi connectivity index (χ1v) is 9.89. The Morgan fingerprint density at radius 3 is 2.65 bits per heavy atom. The van der Waals surface area contributed by atoms with E-state index in [9.17, 15) is 19.5 Å². The number of rotatable bonds is 6. The zero-order valence-corrected chi connectivity index (χ0v) is 18.0. The highest BCUT2D eigenvalue weighted by molar-refractivity contribution is 6.01. The van der Waals surface area contributed by atoms with E-state index in [2.05, 4.69) is 4.98 Å². The Bertz CT molecular complexity index is 999. The summed E-state index contributed by atoms with van der Waals surface area (Å²) in [5, 5.41) is 10.5. The second kappa shape index (κ2) is 8.89. The average Bonchev–Trinajstić information content (AvgIpc) is 2.70. The van der Waals surface area contributed by atoms with Gasteiger partial charge < -0.3 is 24.2 Å². The van der Waals surface area contributed by atoms with Crippen LogP contribution in [0.2, 0.25) is 0 Å². The monoisotopic (exact) mass is 430 g/mol. The van der Waals surface area contributed by atoms with Crippen molar-refractivity contribution in [3.8, 4) is 5.88 Å². The molecule has 1 aromatic heterocycles. The smallest absolute Gasteiger partial charge is 0.348 e. The molecule has 1 saturated heterocycles. The number of carboxylic acids is 1. The fraction of sp³-hybridized carbons (Fsp3) is 0.455. The van der Waals surface area contributed by atoms with Crippen molar-refractivity contribution in [2.24, 2.45) is 5.41 Å². The fourth-order valence-corrected chi connectivity index (χ4v) is 3.31. The van der Waals surface area contributed by atoms with Gasteiger partial charge in [-0.25, -0.2) is 9.78 Å². The minimum absolute atomic E-state index is 0.0135. The van der Waals surface area contributed by atoms with Gasteiger partial charge in [0.15, 0.2) is 6.10 Å². The molecular weight excluding hydrogens is 404 g/mol. The first-order chi connectivity index (χ1) is 14.6. The number of hydrogen-bond donors (Lipinski definition) is 1. The standard InChI is InChI=1S/C22H26N2O7/c1-22(2,3)12-17(25)31-19(21(27)28)18-20(26)24(9-10-30-18)14-7-5-13-6-8-16(29-4)23-15(13)11-14/h5-8,11,18-19H,9-10,12H2,1-4H3,(H,27,28)/t18-,19-/m1/s1. The number of fused-ring (bicyclic) bond motifs is 1. The number of anilines is 1. The van der Waals surface area contributed by atoms with Gasteiger partial charge in [-0.2, -0.15) is 0 Å². The van der Waals surface area contributed by atoms with Crippen molar-refractivity contribution >= 4 is 34.4 Å². The maximum Gasteiger partial charge on any atom is 0.348 e. The molecule has 3 rings (SSSR count). The van der Waals surface area contributed by atoms with Gasteiger partial charge in [0.1, 0.15) is 0 Å². The second-order valence-corrected chi connectivity index (χ2v) is 8.50. The lowest BCUT2D eigenvalue weighted by Gasteiger charge is -2.34. The quantitative estimate of drug-likeness (QED) is 0.695. The maximum atomic E-state index is 13.1. The van der Waals surface area contributed by atoms with E-state index in [1.807, 2.05) is 32.9 Å². The Balaban J connectivity index is 1.84. The molecule has 0 radical (unpaired) electrons. The van der Waals surface area contributed by atoms with Crippen LogP contribution < -0.4 is 9.64 Å². The van der Waals surface area contributed by atoms with Gasteiger partial charge >= 0.3 is 11.9 Å². The number of aromatic nitrogens is 1. The molecule has 0 unspecified atom stereocenters. The lowest BCUT2D eigenvalue weighted by atomic mass is 9.92. The minimum Gasteiger partial charge on any atom is -0.481 e. The first-order valence-electron chi connectivity index (χ1n) is 9.89. The lowest BCUT2D eigenvalue weighted by molar-refractivity contribution is -0.179. The second-order valence-electron chi connectivity index (χ2n) is 8.50. The van der Waals surface area contributed by atoms with E-state index in [1.165, 1.54) is 12.0 Å². The molecule has 1 amide bonds. The van der Waals surface area contributed by atoms with Crippen LogP contribution >= 0.6 is 0 Å². The Kier molecular flexibility index (Phi) is 6.45. The molecule has 9 heteroatoms. The lowest BCUT2D eigenvalue weighted by Crippen LogP contribution is -2.55. The van der Waals surface area contributed by atoms with E-state index < -0.39 is 30.1 Å². The fourth-order valence-electron chi connectivity index (χ4n) is 3.31. The minimum atomic E-state index is -1.73. The van der Waals surface area contributed by atoms with E-state index >= 15 is 0 Å². The number of benzene rings is 1. The summed E-state index contributed by atoms with van der Waals surface area (Å²) in [6.07, 6.45) is -3.16. The van der Waals surface area contributed by atoms with Crippen LogP contribution in [-0.2, 0) is 23.9 Å². The zero-order chi connectivity index (χ0) is 22.8. The number of carbonyl (C=O) groups excluding carboxylic acids is 2. The Morgan fingerprint density at radius 1 is 1.29 bits per heavy atom. The van der Waals surface area contributed by atoms with Crippen LogP contribution in [0.15, 0.2) is 30.3 Å². The molecule has 0 spiro atoms. The van der Waals surface area contributed by atoms with E-state index in [0.29, 0.717) is 17.1 Å². The summed E-state index contributed by atoms with van der Waals surface area (Å²) in [4.78, 5) is 42.9. The summed E-state index contributed by atoms with van der Waals surface area (Å²) < 4.78 is 15.7.